The first kappa shape index (κ1) is 37.0. The second-order valence-electron chi connectivity index (χ2n) is 13.7. The molecule has 12 heteroatoms. The van der Waals surface area contributed by atoms with Crippen molar-refractivity contribution in [2.45, 2.75) is 112 Å². The van der Waals surface area contributed by atoms with Crippen LogP contribution in [0.25, 0.3) is 33.2 Å². The smallest absolute Gasteiger partial charge is 0.325 e. The zero-order valence-corrected chi connectivity index (χ0v) is 30.8. The van der Waals surface area contributed by atoms with Crippen LogP contribution in [0.4, 0.5) is 0 Å². The second kappa shape index (κ2) is 14.5. The molecule has 0 fully saturated rings. The predicted molar refractivity (Wildman–Crippen MR) is 198 cm³/mol. The lowest BCUT2D eigenvalue weighted by Crippen LogP contribution is -2.38. The van der Waals surface area contributed by atoms with Gasteiger partial charge in [0, 0.05) is 46.2 Å². The van der Waals surface area contributed by atoms with Crippen molar-refractivity contribution in [3.8, 4) is 0 Å². The maximum absolute atomic E-state index is 13.9. The number of H-pyrrole nitrogens is 2. The Morgan fingerprint density at radius 1 is 0.804 bits per heavy atom. The van der Waals surface area contributed by atoms with Crippen LogP contribution in [0, 0.1) is 20.8 Å². The lowest BCUT2D eigenvalue weighted by molar-refractivity contribution is -0.141. The third-order valence-electron chi connectivity index (χ3n) is 10.5. The first-order chi connectivity index (χ1) is 24.1. The summed E-state index contributed by atoms with van der Waals surface area (Å²) in [6.45, 7) is 17.0. The number of aromatic nitrogens is 4. The van der Waals surface area contributed by atoms with Crippen LogP contribution >= 0.6 is 0 Å². The summed E-state index contributed by atoms with van der Waals surface area (Å²) in [4.78, 5) is 67.3. The zero-order valence-electron chi connectivity index (χ0n) is 30.8. The quantitative estimate of drug-likeness (QED) is 0.137. The van der Waals surface area contributed by atoms with Crippen LogP contribution in [-0.4, -0.2) is 66.0 Å². The maximum Gasteiger partial charge on any atom is 0.325 e. The van der Waals surface area contributed by atoms with Gasteiger partial charge < -0.3 is 30.8 Å². The lowest BCUT2D eigenvalue weighted by Gasteiger charge is -2.18. The van der Waals surface area contributed by atoms with Crippen molar-refractivity contribution in [1.29, 1.82) is 0 Å². The van der Waals surface area contributed by atoms with Crippen molar-refractivity contribution in [3.05, 3.63) is 68.8 Å². The summed E-state index contributed by atoms with van der Waals surface area (Å²) in [7, 11) is 0. The molecule has 2 aliphatic heterocycles. The monoisotopic (exact) mass is 696 g/mol. The van der Waals surface area contributed by atoms with Crippen molar-refractivity contribution < 1.29 is 29.4 Å². The SMILES string of the molecule is CCC1=C(C)c2cc3[nH]c(cc4nc(c(C)c5[nH]c(cc1n2)c(C)c5C(=O)N[C@@H](C)C(=O)O)C(CCC(=O)NC(C)C(=O)O)C4C)c(C)c3CC. The number of fused-ring (bicyclic) bond motifs is 8. The molecule has 0 aromatic carbocycles. The molecule has 5 heterocycles. The molecule has 5 rings (SSSR count). The number of hydrogen-bond donors (Lipinski definition) is 6. The average molecular weight is 697 g/mol. The predicted octanol–water partition coefficient (Wildman–Crippen LogP) is 6.60. The fraction of sp³-hybridized carbons (Fsp3) is 0.436. The van der Waals surface area contributed by atoms with E-state index in [1.165, 1.54) is 19.4 Å². The van der Waals surface area contributed by atoms with Crippen molar-refractivity contribution in [3.63, 3.8) is 0 Å². The van der Waals surface area contributed by atoms with E-state index in [-0.39, 0.29) is 24.2 Å². The van der Waals surface area contributed by atoms with Gasteiger partial charge in [-0.3, -0.25) is 24.2 Å². The van der Waals surface area contributed by atoms with Gasteiger partial charge in [0.1, 0.15) is 12.1 Å². The summed E-state index contributed by atoms with van der Waals surface area (Å²) >= 11 is 0. The molecule has 2 aliphatic rings. The number of carbonyl (C=O) groups excluding carboxylic acids is 2. The van der Waals surface area contributed by atoms with Crippen LogP contribution in [0.15, 0.2) is 18.2 Å². The molecular formula is C39H48N6O6. The molecule has 0 saturated heterocycles. The number of amides is 2. The average Bonchev–Trinajstić information content (AvgIpc) is 3.76. The zero-order chi connectivity index (χ0) is 37.5. The van der Waals surface area contributed by atoms with Gasteiger partial charge in [0.05, 0.1) is 22.5 Å². The number of allylic oxidation sites excluding steroid dienone is 2. The number of aryl methyl sites for hydroxylation is 4. The first-order valence-electron chi connectivity index (χ1n) is 17.6. The number of aliphatic carboxylic acids is 2. The van der Waals surface area contributed by atoms with Gasteiger partial charge in [0.25, 0.3) is 5.91 Å². The molecule has 0 spiro atoms. The van der Waals surface area contributed by atoms with E-state index in [4.69, 9.17) is 9.97 Å². The fourth-order valence-electron chi connectivity index (χ4n) is 7.28. The van der Waals surface area contributed by atoms with Crippen molar-refractivity contribution in [2.75, 3.05) is 0 Å². The number of carboxylic acid groups (broad SMARTS) is 2. The molecule has 270 valence electrons. The molecule has 3 aromatic rings. The second-order valence-corrected chi connectivity index (χ2v) is 13.7. The molecule has 12 nitrogen and oxygen atoms in total. The van der Waals surface area contributed by atoms with Crippen molar-refractivity contribution in [2.24, 2.45) is 0 Å². The van der Waals surface area contributed by atoms with Crippen molar-refractivity contribution in [1.82, 2.24) is 30.6 Å². The summed E-state index contributed by atoms with van der Waals surface area (Å²) in [5.74, 6) is -3.56. The van der Waals surface area contributed by atoms with E-state index in [9.17, 15) is 29.4 Å². The molecule has 8 bridgehead atoms. The Morgan fingerprint density at radius 2 is 1.43 bits per heavy atom. The third-order valence-corrected chi connectivity index (χ3v) is 10.5. The number of carboxylic acids is 2. The molecular weight excluding hydrogens is 648 g/mol. The number of nitrogens with zero attached hydrogens (tertiary/aromatic N) is 2. The number of rotatable bonds is 10. The standard InChI is InChI=1S/C39H48N6O6/c1-10-24-17(3)27-14-29-19(5)26(12-13-33(46)40-22(8)38(48)49)35(44-29)21(7)36-34(37(47)41-23(9)39(50)51)20(6)30(45-36)16-32-25(11-2)18(4)28(43-32)15-31(24)42-27/h14-16,19,22-23,26,42,45H,10-13H2,1-9H3,(H,40,46)(H,41,47)(H,48,49)(H,50,51)/t19?,22?,23-,26?/m0/s1. The van der Waals surface area contributed by atoms with E-state index in [0.29, 0.717) is 39.8 Å². The Morgan fingerprint density at radius 3 is 2.06 bits per heavy atom. The Hall–Kier alpha value is -5.26. The summed E-state index contributed by atoms with van der Waals surface area (Å²) in [5, 5.41) is 24.1. The highest BCUT2D eigenvalue weighted by molar-refractivity contribution is 6.07. The van der Waals surface area contributed by atoms with Crippen LogP contribution in [0.1, 0.15) is 128 Å². The van der Waals surface area contributed by atoms with Gasteiger partial charge in [0.2, 0.25) is 5.91 Å². The molecule has 0 radical (unpaired) electrons. The molecule has 4 atom stereocenters. The van der Waals surface area contributed by atoms with Crippen LogP contribution in [0.2, 0.25) is 0 Å². The maximum atomic E-state index is 13.9. The highest BCUT2D eigenvalue weighted by Gasteiger charge is 2.32. The number of nitrogens with one attached hydrogen (secondary N) is 4. The van der Waals surface area contributed by atoms with Gasteiger partial charge in [0.15, 0.2) is 0 Å². The van der Waals surface area contributed by atoms with Crippen LogP contribution in [0.3, 0.4) is 0 Å². The van der Waals surface area contributed by atoms with E-state index in [1.807, 2.05) is 19.9 Å². The lowest BCUT2D eigenvalue weighted by atomic mass is 9.85. The Balaban J connectivity index is 1.85. The Labute approximate surface area is 297 Å². The Kier molecular flexibility index (Phi) is 10.5. The van der Waals surface area contributed by atoms with Crippen molar-refractivity contribution >= 4 is 57.0 Å². The number of hydrogen-bond acceptors (Lipinski definition) is 6. The first-order valence-corrected chi connectivity index (χ1v) is 17.6. The molecule has 0 saturated carbocycles. The summed E-state index contributed by atoms with van der Waals surface area (Å²) in [6, 6.07) is 3.94. The fourth-order valence-corrected chi connectivity index (χ4v) is 7.28. The molecule has 2 amide bonds. The van der Waals surface area contributed by atoms with Gasteiger partial charge in [-0.15, -0.1) is 0 Å². The number of aromatic amines is 2. The van der Waals surface area contributed by atoms with E-state index < -0.39 is 29.9 Å². The van der Waals surface area contributed by atoms with E-state index in [2.05, 4.69) is 67.4 Å². The molecule has 51 heavy (non-hydrogen) atoms. The Bertz CT molecular complexity index is 2140. The van der Waals surface area contributed by atoms with Crippen LogP contribution in [0.5, 0.6) is 0 Å². The third kappa shape index (κ3) is 7.04. The molecule has 0 aliphatic carbocycles. The summed E-state index contributed by atoms with van der Waals surface area (Å²) < 4.78 is 0. The van der Waals surface area contributed by atoms with Gasteiger partial charge in [-0.05, 0) is 112 Å². The summed E-state index contributed by atoms with van der Waals surface area (Å²) in [5.41, 5.74) is 12.3. The highest BCUT2D eigenvalue weighted by Crippen LogP contribution is 2.42. The minimum atomic E-state index is -1.16. The topological polar surface area (TPSA) is 190 Å². The van der Waals surface area contributed by atoms with E-state index in [1.54, 1.807) is 0 Å². The molecule has 3 aromatic heterocycles. The van der Waals surface area contributed by atoms with Crippen LogP contribution in [-0.2, 0) is 20.8 Å². The van der Waals surface area contributed by atoms with Gasteiger partial charge in [-0.1, -0.05) is 20.8 Å². The minimum Gasteiger partial charge on any atom is -0.480 e. The van der Waals surface area contributed by atoms with Gasteiger partial charge >= 0.3 is 11.9 Å². The van der Waals surface area contributed by atoms with E-state index >= 15 is 0 Å². The minimum absolute atomic E-state index is 0.0724. The normalized spacial score (nSPS) is 16.9. The largest absolute Gasteiger partial charge is 0.480 e. The van der Waals surface area contributed by atoms with Gasteiger partial charge in [-0.25, -0.2) is 4.98 Å². The van der Waals surface area contributed by atoms with Crippen LogP contribution < -0.4 is 10.6 Å². The summed E-state index contributed by atoms with van der Waals surface area (Å²) in [6.07, 6.45) is 2.01. The highest BCUT2D eigenvalue weighted by atomic mass is 16.4. The molecule has 6 N–H and O–H groups in total. The number of carbonyl (C=O) groups is 4. The van der Waals surface area contributed by atoms with E-state index in [0.717, 1.165) is 57.7 Å². The van der Waals surface area contributed by atoms with Gasteiger partial charge in [-0.2, -0.15) is 0 Å². The molecule has 3 unspecified atom stereocenters.